The number of hydrogen-bond donors (Lipinski definition) is 1. The van der Waals surface area contributed by atoms with Crippen molar-refractivity contribution in [2.75, 3.05) is 0 Å². The zero-order valence-electron chi connectivity index (χ0n) is 12.1. The summed E-state index contributed by atoms with van der Waals surface area (Å²) in [5.74, 6) is 0.145. The molecule has 1 N–H and O–H groups in total. The number of thioether (sulfide) groups is 1. The number of hydrogen-bond acceptors (Lipinski definition) is 2. The van der Waals surface area contributed by atoms with E-state index in [9.17, 15) is 5.11 Å². The van der Waals surface area contributed by atoms with Gasteiger partial charge in [-0.25, -0.2) is 0 Å². The van der Waals surface area contributed by atoms with Crippen molar-refractivity contribution in [2.24, 2.45) is 5.92 Å². The third-order valence-corrected chi connectivity index (χ3v) is 4.57. The highest BCUT2D eigenvalue weighted by Gasteiger charge is 2.17. The molecular weight excluding hydrogens is 252 g/mol. The Morgan fingerprint density at radius 1 is 1.21 bits per heavy atom. The van der Waals surface area contributed by atoms with Crippen molar-refractivity contribution in [1.29, 1.82) is 0 Å². The van der Waals surface area contributed by atoms with Gasteiger partial charge in [0.15, 0.2) is 0 Å². The summed E-state index contributed by atoms with van der Waals surface area (Å²) in [4.78, 5) is 2.24. The van der Waals surface area contributed by atoms with Crippen LogP contribution in [0.15, 0.2) is 46.7 Å². The molecule has 0 radical (unpaired) electrons. The lowest BCUT2D eigenvalue weighted by Gasteiger charge is -2.20. The second-order valence-corrected chi connectivity index (χ2v) is 6.29. The van der Waals surface area contributed by atoms with Crippen LogP contribution >= 0.6 is 11.8 Å². The number of aliphatic hydroxyl groups is 1. The van der Waals surface area contributed by atoms with E-state index in [1.807, 2.05) is 18.2 Å². The minimum Gasteiger partial charge on any atom is -0.392 e. The van der Waals surface area contributed by atoms with Gasteiger partial charge in [-0.3, -0.25) is 0 Å². The van der Waals surface area contributed by atoms with Gasteiger partial charge in [-0.15, -0.1) is 0 Å². The van der Waals surface area contributed by atoms with E-state index in [-0.39, 0.29) is 12.0 Å². The molecule has 1 rings (SSSR count). The molecule has 0 spiro atoms. The third kappa shape index (κ3) is 6.31. The highest BCUT2D eigenvalue weighted by molar-refractivity contribution is 8.03. The summed E-state index contributed by atoms with van der Waals surface area (Å²) in [6, 6.07) is 10.2. The van der Waals surface area contributed by atoms with E-state index in [0.29, 0.717) is 0 Å². The molecule has 19 heavy (non-hydrogen) atoms. The van der Waals surface area contributed by atoms with Crippen LogP contribution in [0.2, 0.25) is 0 Å². The van der Waals surface area contributed by atoms with Crippen LogP contribution in [-0.4, -0.2) is 11.2 Å². The van der Waals surface area contributed by atoms with Crippen molar-refractivity contribution in [3.8, 4) is 0 Å². The summed E-state index contributed by atoms with van der Waals surface area (Å²) in [5.41, 5.74) is 0. The Morgan fingerprint density at radius 2 is 1.89 bits per heavy atom. The molecule has 0 aliphatic rings. The van der Waals surface area contributed by atoms with E-state index in [1.54, 1.807) is 11.8 Å². The van der Waals surface area contributed by atoms with Gasteiger partial charge in [-0.1, -0.05) is 76.1 Å². The summed E-state index contributed by atoms with van der Waals surface area (Å²) in [6.07, 6.45) is 5.46. The van der Waals surface area contributed by atoms with Gasteiger partial charge in [-0.2, -0.15) is 0 Å². The van der Waals surface area contributed by atoms with Gasteiger partial charge >= 0.3 is 0 Å². The Hall–Kier alpha value is -0.730. The molecule has 0 bridgehead atoms. The average molecular weight is 278 g/mol. The lowest BCUT2D eigenvalue weighted by Crippen LogP contribution is -2.18. The lowest BCUT2D eigenvalue weighted by atomic mass is 9.99. The van der Waals surface area contributed by atoms with E-state index in [0.717, 1.165) is 17.7 Å². The topological polar surface area (TPSA) is 20.2 Å². The van der Waals surface area contributed by atoms with Crippen LogP contribution in [0.1, 0.15) is 46.0 Å². The highest BCUT2D eigenvalue weighted by atomic mass is 32.2. The largest absolute Gasteiger partial charge is 0.392 e. The maximum Gasteiger partial charge on any atom is 0.0611 e. The van der Waals surface area contributed by atoms with Gasteiger partial charge in [0.2, 0.25) is 0 Å². The predicted molar refractivity (Wildman–Crippen MR) is 85.4 cm³/mol. The first-order chi connectivity index (χ1) is 9.15. The fourth-order valence-corrected chi connectivity index (χ4v) is 2.92. The van der Waals surface area contributed by atoms with Gasteiger partial charge < -0.3 is 5.11 Å². The standard InChI is InChI=1S/C17H26OS/c1-4-5-6-10-13-17(18)14(2)15(3)19-16-11-8-7-9-12-16/h7-9,11-12,14,17-18H,3-6,10,13H2,1-2H3. The fraction of sp³-hybridized carbons (Fsp3) is 0.529. The minimum absolute atomic E-state index is 0.145. The Balaban J connectivity index is 2.35. The van der Waals surface area contributed by atoms with Gasteiger partial charge in [0.25, 0.3) is 0 Å². The summed E-state index contributed by atoms with van der Waals surface area (Å²) >= 11 is 1.67. The van der Waals surface area contributed by atoms with Crippen LogP contribution < -0.4 is 0 Å². The molecule has 1 aromatic rings. The third-order valence-electron chi connectivity index (χ3n) is 3.43. The summed E-state index contributed by atoms with van der Waals surface area (Å²) in [5, 5.41) is 10.2. The fourth-order valence-electron chi connectivity index (χ4n) is 1.98. The lowest BCUT2D eigenvalue weighted by molar-refractivity contribution is 0.123. The average Bonchev–Trinajstić information content (AvgIpc) is 2.43. The molecule has 2 atom stereocenters. The van der Waals surface area contributed by atoms with Crippen LogP contribution in [0.4, 0.5) is 0 Å². The first-order valence-electron chi connectivity index (χ1n) is 7.25. The molecule has 2 unspecified atom stereocenters. The molecule has 1 nitrogen and oxygen atoms in total. The van der Waals surface area contributed by atoms with Crippen molar-refractivity contribution in [2.45, 2.75) is 57.0 Å². The Bertz CT molecular complexity index is 361. The number of benzene rings is 1. The molecule has 1 aromatic carbocycles. The van der Waals surface area contributed by atoms with Crippen molar-refractivity contribution in [3.05, 3.63) is 41.8 Å². The molecule has 0 saturated heterocycles. The Labute approximate surface area is 122 Å². The van der Waals surface area contributed by atoms with Crippen molar-refractivity contribution in [3.63, 3.8) is 0 Å². The quantitative estimate of drug-likeness (QED) is 0.491. The Morgan fingerprint density at radius 3 is 2.53 bits per heavy atom. The van der Waals surface area contributed by atoms with E-state index < -0.39 is 0 Å². The van der Waals surface area contributed by atoms with Crippen LogP contribution in [0.25, 0.3) is 0 Å². The maximum atomic E-state index is 10.2. The molecule has 0 aliphatic heterocycles. The smallest absolute Gasteiger partial charge is 0.0611 e. The predicted octanol–water partition coefficient (Wildman–Crippen LogP) is 5.26. The first kappa shape index (κ1) is 16.3. The van der Waals surface area contributed by atoms with E-state index in [4.69, 9.17) is 0 Å². The molecule has 106 valence electrons. The zero-order chi connectivity index (χ0) is 14.1. The molecule has 0 heterocycles. The van der Waals surface area contributed by atoms with Crippen molar-refractivity contribution >= 4 is 11.8 Å². The van der Waals surface area contributed by atoms with E-state index >= 15 is 0 Å². The first-order valence-corrected chi connectivity index (χ1v) is 8.06. The molecule has 0 amide bonds. The number of aliphatic hydroxyl groups excluding tert-OH is 1. The van der Waals surface area contributed by atoms with E-state index in [1.165, 1.54) is 24.2 Å². The molecule has 0 aliphatic carbocycles. The second kappa shape index (κ2) is 9.22. The van der Waals surface area contributed by atoms with Crippen LogP contribution in [-0.2, 0) is 0 Å². The second-order valence-electron chi connectivity index (χ2n) is 5.09. The van der Waals surface area contributed by atoms with Crippen molar-refractivity contribution < 1.29 is 5.11 Å². The Kier molecular flexibility index (Phi) is 7.92. The maximum absolute atomic E-state index is 10.2. The number of rotatable bonds is 9. The molecule has 0 fully saturated rings. The normalized spacial score (nSPS) is 14.1. The zero-order valence-corrected chi connectivity index (χ0v) is 13.0. The number of unbranched alkanes of at least 4 members (excludes halogenated alkanes) is 3. The van der Waals surface area contributed by atoms with Gasteiger partial charge in [0, 0.05) is 10.8 Å². The van der Waals surface area contributed by atoms with Gasteiger partial charge in [0.1, 0.15) is 0 Å². The molecule has 2 heteroatoms. The van der Waals surface area contributed by atoms with Crippen molar-refractivity contribution in [1.82, 2.24) is 0 Å². The SMILES string of the molecule is C=C(Sc1ccccc1)C(C)C(O)CCCCCC. The molecular formula is C17H26OS. The molecule has 0 saturated carbocycles. The van der Waals surface area contributed by atoms with Crippen LogP contribution in [0, 0.1) is 5.92 Å². The highest BCUT2D eigenvalue weighted by Crippen LogP contribution is 2.32. The minimum atomic E-state index is -0.263. The summed E-state index contributed by atoms with van der Waals surface area (Å²) in [7, 11) is 0. The van der Waals surface area contributed by atoms with Crippen LogP contribution in [0.5, 0.6) is 0 Å². The summed E-state index contributed by atoms with van der Waals surface area (Å²) in [6.45, 7) is 8.40. The molecule has 0 aromatic heterocycles. The summed E-state index contributed by atoms with van der Waals surface area (Å²) < 4.78 is 0. The van der Waals surface area contributed by atoms with Gasteiger partial charge in [-0.05, 0) is 23.5 Å². The van der Waals surface area contributed by atoms with E-state index in [2.05, 4.69) is 32.6 Å². The van der Waals surface area contributed by atoms with Gasteiger partial charge in [0.05, 0.1) is 6.10 Å². The monoisotopic (exact) mass is 278 g/mol. The van der Waals surface area contributed by atoms with Crippen LogP contribution in [0.3, 0.4) is 0 Å².